The number of hydrogen-bond donors (Lipinski definition) is 0. The monoisotopic (exact) mass is 220 g/mol. The lowest BCUT2D eigenvalue weighted by molar-refractivity contribution is -0.135. The Kier molecular flexibility index (Phi) is 4.39. The molecule has 0 spiro atoms. The Bertz CT molecular complexity index is 395. The summed E-state index contributed by atoms with van der Waals surface area (Å²) in [4.78, 5) is 32.9. The molecule has 0 amide bonds. The van der Waals surface area contributed by atoms with Crippen LogP contribution in [0.3, 0.4) is 0 Å². The number of esters is 1. The Balaban J connectivity index is 2.37. The first-order valence-corrected chi connectivity index (χ1v) is 4.87. The maximum absolute atomic E-state index is 11.4. The highest BCUT2D eigenvalue weighted by Crippen LogP contribution is 2.01. The summed E-state index contributed by atoms with van der Waals surface area (Å²) in [6, 6.07) is 8.47. The zero-order valence-corrected chi connectivity index (χ0v) is 8.93. The Labute approximate surface area is 93.2 Å². The molecule has 0 fully saturated rings. The third-order valence-electron chi connectivity index (χ3n) is 1.96. The van der Waals surface area contributed by atoms with Crippen molar-refractivity contribution >= 4 is 17.5 Å². The number of rotatable bonds is 5. The van der Waals surface area contributed by atoms with Crippen molar-refractivity contribution in [3.05, 3.63) is 35.9 Å². The van der Waals surface area contributed by atoms with Crippen molar-refractivity contribution < 1.29 is 19.1 Å². The minimum Gasteiger partial charge on any atom is -0.462 e. The van der Waals surface area contributed by atoms with Crippen LogP contribution < -0.4 is 0 Å². The molecule has 1 aromatic rings. The number of hydrogen-bond acceptors (Lipinski definition) is 4. The lowest BCUT2D eigenvalue weighted by Crippen LogP contribution is -2.14. The van der Waals surface area contributed by atoms with Gasteiger partial charge in [0.05, 0.1) is 12.2 Å². The zero-order valence-electron chi connectivity index (χ0n) is 8.93. The highest BCUT2D eigenvalue weighted by atomic mass is 16.5. The van der Waals surface area contributed by atoms with E-state index in [0.717, 1.165) is 0 Å². The second-order valence-corrected chi connectivity index (χ2v) is 3.23. The Morgan fingerprint density at radius 1 is 1.12 bits per heavy atom. The van der Waals surface area contributed by atoms with Gasteiger partial charge in [-0.15, -0.1) is 0 Å². The molecule has 0 aliphatic rings. The van der Waals surface area contributed by atoms with E-state index < -0.39 is 17.5 Å². The number of carbonyl (C=O) groups is 3. The average Bonchev–Trinajstić information content (AvgIpc) is 2.29. The van der Waals surface area contributed by atoms with Gasteiger partial charge in [-0.2, -0.15) is 0 Å². The Morgan fingerprint density at radius 3 is 2.31 bits per heavy atom. The van der Waals surface area contributed by atoms with E-state index in [1.165, 1.54) is 6.92 Å². The van der Waals surface area contributed by atoms with E-state index in [4.69, 9.17) is 4.74 Å². The predicted octanol–water partition coefficient (Wildman–Crippen LogP) is 1.39. The molecular weight excluding hydrogens is 208 g/mol. The van der Waals surface area contributed by atoms with Crippen LogP contribution in [0.15, 0.2) is 30.3 Å². The third-order valence-corrected chi connectivity index (χ3v) is 1.96. The number of ether oxygens (including phenoxy) is 1. The molecule has 1 rings (SSSR count). The summed E-state index contributed by atoms with van der Waals surface area (Å²) in [5, 5.41) is 0. The first-order valence-electron chi connectivity index (χ1n) is 4.87. The van der Waals surface area contributed by atoms with Gasteiger partial charge in [0.15, 0.2) is 5.78 Å². The molecule has 4 heteroatoms. The van der Waals surface area contributed by atoms with Crippen molar-refractivity contribution in [1.29, 1.82) is 0 Å². The van der Waals surface area contributed by atoms with Crippen molar-refractivity contribution in [3.8, 4) is 0 Å². The quantitative estimate of drug-likeness (QED) is 0.555. The van der Waals surface area contributed by atoms with Gasteiger partial charge in [0, 0.05) is 13.3 Å². The van der Waals surface area contributed by atoms with Crippen LogP contribution >= 0.6 is 0 Å². The van der Waals surface area contributed by atoms with Gasteiger partial charge in [-0.3, -0.25) is 9.59 Å². The van der Waals surface area contributed by atoms with E-state index in [-0.39, 0.29) is 13.0 Å². The van der Waals surface area contributed by atoms with Crippen LogP contribution in [0.5, 0.6) is 0 Å². The molecule has 16 heavy (non-hydrogen) atoms. The fourth-order valence-corrected chi connectivity index (χ4v) is 1.07. The summed E-state index contributed by atoms with van der Waals surface area (Å²) in [6.45, 7) is 1.13. The fraction of sp³-hybridized carbons (Fsp3) is 0.250. The van der Waals surface area contributed by atoms with Crippen molar-refractivity contribution in [2.24, 2.45) is 0 Å². The van der Waals surface area contributed by atoms with Gasteiger partial charge in [0.25, 0.3) is 0 Å². The molecular formula is C12H12O4. The second-order valence-electron chi connectivity index (χ2n) is 3.23. The van der Waals surface area contributed by atoms with Crippen molar-refractivity contribution in [2.45, 2.75) is 13.3 Å². The first-order chi connectivity index (χ1) is 7.61. The van der Waals surface area contributed by atoms with Gasteiger partial charge in [0.1, 0.15) is 0 Å². The summed E-state index contributed by atoms with van der Waals surface area (Å²) < 4.78 is 4.84. The van der Waals surface area contributed by atoms with Gasteiger partial charge in [-0.05, 0) is 12.1 Å². The third kappa shape index (κ3) is 3.65. The van der Waals surface area contributed by atoms with E-state index in [2.05, 4.69) is 0 Å². The van der Waals surface area contributed by atoms with E-state index in [0.29, 0.717) is 5.56 Å². The molecule has 0 unspecified atom stereocenters. The number of Topliss-reactive ketones (excluding diaryl/α,β-unsaturated/α-hetero) is 2. The maximum Gasteiger partial charge on any atom is 0.338 e. The molecule has 0 saturated carbocycles. The largest absolute Gasteiger partial charge is 0.462 e. The summed E-state index contributed by atoms with van der Waals surface area (Å²) >= 11 is 0. The highest BCUT2D eigenvalue weighted by molar-refractivity contribution is 6.36. The topological polar surface area (TPSA) is 60.4 Å². The Morgan fingerprint density at radius 2 is 1.75 bits per heavy atom. The van der Waals surface area contributed by atoms with E-state index in [9.17, 15) is 14.4 Å². The summed E-state index contributed by atoms with van der Waals surface area (Å²) in [5.74, 6) is -1.53. The number of benzene rings is 1. The molecule has 1 aromatic carbocycles. The molecule has 84 valence electrons. The first kappa shape index (κ1) is 12.1. The van der Waals surface area contributed by atoms with Gasteiger partial charge < -0.3 is 4.74 Å². The molecule has 0 saturated heterocycles. The van der Waals surface area contributed by atoms with Crippen LogP contribution in [-0.2, 0) is 14.3 Å². The molecule has 4 nitrogen and oxygen atoms in total. The fourth-order valence-electron chi connectivity index (χ4n) is 1.07. The lowest BCUT2D eigenvalue weighted by Gasteiger charge is -2.02. The average molecular weight is 220 g/mol. The normalized spacial score (nSPS) is 9.56. The molecule has 0 bridgehead atoms. The highest BCUT2D eigenvalue weighted by Gasteiger charge is 2.10. The van der Waals surface area contributed by atoms with Gasteiger partial charge in [-0.25, -0.2) is 4.79 Å². The number of ketones is 2. The van der Waals surface area contributed by atoms with Crippen molar-refractivity contribution in [3.63, 3.8) is 0 Å². The van der Waals surface area contributed by atoms with E-state index >= 15 is 0 Å². The lowest BCUT2D eigenvalue weighted by atomic mass is 10.2. The maximum atomic E-state index is 11.4. The summed E-state index contributed by atoms with van der Waals surface area (Å²) in [7, 11) is 0. The molecule has 0 aromatic heterocycles. The SMILES string of the molecule is CC(=O)C(=O)CCOC(=O)c1ccccc1. The van der Waals surface area contributed by atoms with Gasteiger partial charge in [-0.1, -0.05) is 18.2 Å². The van der Waals surface area contributed by atoms with Crippen molar-refractivity contribution in [2.75, 3.05) is 6.61 Å². The standard InChI is InChI=1S/C12H12O4/c1-9(13)11(14)7-8-16-12(15)10-5-3-2-4-6-10/h2-6H,7-8H2,1H3. The molecule has 0 aliphatic heterocycles. The molecule has 0 aliphatic carbocycles. The molecule has 0 atom stereocenters. The van der Waals surface area contributed by atoms with Crippen LogP contribution in [0.2, 0.25) is 0 Å². The zero-order chi connectivity index (χ0) is 12.0. The van der Waals surface area contributed by atoms with E-state index in [1.807, 2.05) is 0 Å². The van der Waals surface area contributed by atoms with Crippen LogP contribution in [0, 0.1) is 0 Å². The minimum atomic E-state index is -0.527. The molecule has 0 heterocycles. The Hall–Kier alpha value is -1.97. The smallest absolute Gasteiger partial charge is 0.338 e. The van der Waals surface area contributed by atoms with Crippen molar-refractivity contribution in [1.82, 2.24) is 0 Å². The van der Waals surface area contributed by atoms with Crippen LogP contribution in [-0.4, -0.2) is 24.1 Å². The van der Waals surface area contributed by atoms with Crippen LogP contribution in [0.4, 0.5) is 0 Å². The predicted molar refractivity (Wildman–Crippen MR) is 57.0 cm³/mol. The molecule has 0 N–H and O–H groups in total. The number of carbonyl (C=O) groups excluding carboxylic acids is 3. The molecule has 0 radical (unpaired) electrons. The second kappa shape index (κ2) is 5.80. The summed E-state index contributed by atoms with van der Waals surface area (Å²) in [5.41, 5.74) is 0.428. The minimum absolute atomic E-state index is 0.0616. The van der Waals surface area contributed by atoms with Crippen LogP contribution in [0.1, 0.15) is 23.7 Å². The van der Waals surface area contributed by atoms with Gasteiger partial charge in [0.2, 0.25) is 5.78 Å². The van der Waals surface area contributed by atoms with Gasteiger partial charge >= 0.3 is 5.97 Å². The summed E-state index contributed by atoms with van der Waals surface area (Å²) in [6.07, 6.45) is -0.0616. The van der Waals surface area contributed by atoms with Crippen LogP contribution in [0.25, 0.3) is 0 Å². The van der Waals surface area contributed by atoms with E-state index in [1.54, 1.807) is 30.3 Å².